The fourth-order valence-corrected chi connectivity index (χ4v) is 5.88. The van der Waals surface area contributed by atoms with Crippen LogP contribution in [0.1, 0.15) is 27.9 Å². The number of benzene rings is 2. The molecule has 2 heterocycles. The fourth-order valence-electron chi connectivity index (χ4n) is 3.31. The summed E-state index contributed by atoms with van der Waals surface area (Å²) < 4.78 is 11.9. The first kappa shape index (κ1) is 20.5. The summed E-state index contributed by atoms with van der Waals surface area (Å²) in [6.07, 6.45) is 2.03. The Morgan fingerprint density at radius 2 is 1.87 bits per heavy atom. The molecule has 0 atom stereocenters. The predicted octanol–water partition coefficient (Wildman–Crippen LogP) is 5.55. The van der Waals surface area contributed by atoms with Gasteiger partial charge in [-0.1, -0.05) is 30.3 Å². The van der Waals surface area contributed by atoms with E-state index in [-0.39, 0.29) is 12.3 Å². The van der Waals surface area contributed by atoms with Gasteiger partial charge in [0.15, 0.2) is 0 Å². The third-order valence-corrected chi connectivity index (χ3v) is 7.21. The van der Waals surface area contributed by atoms with Crippen LogP contribution in [0.4, 0.5) is 5.00 Å². The number of ether oxygens (including phenoxy) is 2. The molecule has 1 N–H and O–H groups in total. The number of esters is 1. The monoisotopic (exact) mass is 439 g/mol. The van der Waals surface area contributed by atoms with Crippen molar-refractivity contribution in [1.29, 1.82) is 0 Å². The van der Waals surface area contributed by atoms with Crippen LogP contribution in [0.3, 0.4) is 0 Å². The zero-order valence-electron chi connectivity index (χ0n) is 16.5. The summed E-state index contributed by atoms with van der Waals surface area (Å²) >= 11 is 3.18. The maximum Gasteiger partial charge on any atom is 0.341 e. The second kappa shape index (κ2) is 9.36. The first-order chi connectivity index (χ1) is 14.6. The highest BCUT2D eigenvalue weighted by Crippen LogP contribution is 2.43. The number of methoxy groups -OCH3 is 1. The van der Waals surface area contributed by atoms with Crippen LogP contribution in [0.5, 0.6) is 11.5 Å². The molecule has 1 aliphatic heterocycles. The summed E-state index contributed by atoms with van der Waals surface area (Å²) in [5.74, 6) is 1.85. The Morgan fingerprint density at radius 3 is 2.67 bits per heavy atom. The van der Waals surface area contributed by atoms with E-state index >= 15 is 0 Å². The van der Waals surface area contributed by atoms with Crippen molar-refractivity contribution in [2.75, 3.05) is 18.2 Å². The normalized spacial score (nSPS) is 12.7. The summed E-state index contributed by atoms with van der Waals surface area (Å²) in [7, 11) is 1.37. The van der Waals surface area contributed by atoms with Crippen LogP contribution >= 0.6 is 23.1 Å². The lowest BCUT2D eigenvalue weighted by atomic mass is 10.1. The number of fused-ring (bicyclic) bond motifs is 1. The highest BCUT2D eigenvalue weighted by molar-refractivity contribution is 8.01. The Morgan fingerprint density at radius 1 is 1.07 bits per heavy atom. The van der Waals surface area contributed by atoms with Gasteiger partial charge in [0, 0.05) is 0 Å². The summed E-state index contributed by atoms with van der Waals surface area (Å²) in [6.45, 7) is 0. The lowest BCUT2D eigenvalue weighted by Gasteiger charge is -2.11. The molecular weight excluding hydrogens is 418 g/mol. The molecule has 0 aliphatic carbocycles. The first-order valence-electron chi connectivity index (χ1n) is 9.62. The molecule has 0 radical (unpaired) electrons. The van der Waals surface area contributed by atoms with Crippen molar-refractivity contribution in [2.24, 2.45) is 0 Å². The topological polar surface area (TPSA) is 64.6 Å². The quantitative estimate of drug-likeness (QED) is 0.511. The molecule has 0 bridgehead atoms. The molecule has 0 saturated heterocycles. The van der Waals surface area contributed by atoms with Crippen molar-refractivity contribution >= 4 is 40.0 Å². The van der Waals surface area contributed by atoms with E-state index in [9.17, 15) is 9.59 Å². The van der Waals surface area contributed by atoms with Crippen molar-refractivity contribution in [3.63, 3.8) is 0 Å². The Hall–Kier alpha value is -2.77. The average Bonchev–Trinajstić information content (AvgIpc) is 3.11. The highest BCUT2D eigenvalue weighted by Gasteiger charge is 2.27. The minimum atomic E-state index is -0.399. The van der Waals surface area contributed by atoms with E-state index in [1.54, 1.807) is 11.8 Å². The number of rotatable bonds is 6. The van der Waals surface area contributed by atoms with Crippen molar-refractivity contribution in [2.45, 2.75) is 23.5 Å². The van der Waals surface area contributed by atoms with Gasteiger partial charge in [0.2, 0.25) is 5.91 Å². The minimum Gasteiger partial charge on any atom is -0.465 e. The van der Waals surface area contributed by atoms with E-state index in [4.69, 9.17) is 9.47 Å². The standard InChI is InChI=1S/C23H21NO4S2/c1-27-22(26)20-18-11-6-12-29-23(18)30-21(20)24-19(25)14-15-7-5-10-17(13-15)28-16-8-3-2-4-9-16/h2-5,7-10,13H,6,11-12,14H2,1H3,(H,24,25). The van der Waals surface area contributed by atoms with Crippen LogP contribution in [0.15, 0.2) is 58.8 Å². The van der Waals surface area contributed by atoms with Crippen LogP contribution in [0.2, 0.25) is 0 Å². The molecule has 0 saturated carbocycles. The van der Waals surface area contributed by atoms with E-state index in [1.165, 1.54) is 18.4 Å². The number of nitrogens with one attached hydrogen (secondary N) is 1. The minimum absolute atomic E-state index is 0.180. The van der Waals surface area contributed by atoms with Gasteiger partial charge >= 0.3 is 5.97 Å². The van der Waals surface area contributed by atoms with Crippen molar-refractivity contribution in [3.05, 3.63) is 71.3 Å². The second-order valence-electron chi connectivity index (χ2n) is 6.80. The van der Waals surface area contributed by atoms with Gasteiger partial charge in [0.1, 0.15) is 16.5 Å². The van der Waals surface area contributed by atoms with Crippen LogP contribution < -0.4 is 10.1 Å². The van der Waals surface area contributed by atoms with E-state index in [0.717, 1.165) is 39.7 Å². The third kappa shape index (κ3) is 4.68. The molecule has 1 aromatic heterocycles. The van der Waals surface area contributed by atoms with Crippen molar-refractivity contribution < 1.29 is 19.1 Å². The van der Waals surface area contributed by atoms with Gasteiger partial charge in [-0.3, -0.25) is 4.79 Å². The number of para-hydroxylation sites is 1. The van der Waals surface area contributed by atoms with E-state index < -0.39 is 5.97 Å². The van der Waals surface area contributed by atoms with Crippen LogP contribution in [0.25, 0.3) is 0 Å². The largest absolute Gasteiger partial charge is 0.465 e. The van der Waals surface area contributed by atoms with Gasteiger partial charge in [-0.15, -0.1) is 23.1 Å². The Balaban J connectivity index is 1.48. The number of hydrogen-bond acceptors (Lipinski definition) is 6. The summed E-state index contributed by atoms with van der Waals surface area (Å²) in [5, 5.41) is 3.50. The van der Waals surface area contributed by atoms with Crippen molar-refractivity contribution in [1.82, 2.24) is 0 Å². The summed E-state index contributed by atoms with van der Waals surface area (Å²) in [6, 6.07) is 17.0. The molecule has 30 heavy (non-hydrogen) atoms. The van der Waals surface area contributed by atoms with E-state index in [1.807, 2.05) is 54.6 Å². The van der Waals surface area contributed by atoms with Gasteiger partial charge in [-0.25, -0.2) is 4.79 Å². The molecule has 0 fully saturated rings. The second-order valence-corrected chi connectivity index (χ2v) is 9.19. The third-order valence-electron chi connectivity index (χ3n) is 4.66. The molecule has 3 aromatic rings. The predicted molar refractivity (Wildman–Crippen MR) is 120 cm³/mol. The Kier molecular flexibility index (Phi) is 6.40. The highest BCUT2D eigenvalue weighted by atomic mass is 32.2. The van der Waals surface area contributed by atoms with Crippen LogP contribution in [0, 0.1) is 0 Å². The fraction of sp³-hybridized carbons (Fsp3) is 0.217. The molecule has 4 rings (SSSR count). The lowest BCUT2D eigenvalue weighted by Crippen LogP contribution is -2.16. The summed E-state index contributed by atoms with van der Waals surface area (Å²) in [4.78, 5) is 25.1. The molecule has 1 aliphatic rings. The van der Waals surface area contributed by atoms with Gasteiger partial charge < -0.3 is 14.8 Å². The first-order valence-corrected chi connectivity index (χ1v) is 11.4. The number of carbonyl (C=O) groups excluding carboxylic acids is 2. The number of thioether (sulfide) groups is 1. The van der Waals surface area contributed by atoms with Crippen LogP contribution in [-0.4, -0.2) is 24.7 Å². The zero-order valence-corrected chi connectivity index (χ0v) is 18.1. The molecular formula is C23H21NO4S2. The van der Waals surface area contributed by atoms with Gasteiger partial charge in [-0.2, -0.15) is 0 Å². The van der Waals surface area contributed by atoms with Crippen molar-refractivity contribution in [3.8, 4) is 11.5 Å². The molecule has 5 nitrogen and oxygen atoms in total. The number of amides is 1. The number of hydrogen-bond donors (Lipinski definition) is 1. The Labute approximate surface area is 183 Å². The maximum absolute atomic E-state index is 12.7. The van der Waals surface area contributed by atoms with E-state index in [0.29, 0.717) is 16.3 Å². The lowest BCUT2D eigenvalue weighted by molar-refractivity contribution is -0.115. The summed E-state index contributed by atoms with van der Waals surface area (Å²) in [5.41, 5.74) is 2.33. The SMILES string of the molecule is COC(=O)c1c(NC(=O)Cc2cccc(Oc3ccccc3)c2)sc2c1CCCS2. The Bertz CT molecular complexity index is 1060. The molecule has 154 valence electrons. The molecule has 2 aromatic carbocycles. The molecule has 1 amide bonds. The maximum atomic E-state index is 12.7. The van der Waals surface area contributed by atoms with Gasteiger partial charge in [0.25, 0.3) is 0 Å². The number of anilines is 1. The van der Waals surface area contributed by atoms with Gasteiger partial charge in [0.05, 0.1) is 23.3 Å². The number of carbonyl (C=O) groups is 2. The smallest absolute Gasteiger partial charge is 0.341 e. The molecule has 7 heteroatoms. The average molecular weight is 440 g/mol. The van der Waals surface area contributed by atoms with Gasteiger partial charge in [-0.05, 0) is 54.0 Å². The molecule has 0 spiro atoms. The zero-order chi connectivity index (χ0) is 20.9. The number of thiophene rings is 1. The molecule has 0 unspecified atom stereocenters. The van der Waals surface area contributed by atoms with Crippen LogP contribution in [-0.2, 0) is 22.4 Å². The van der Waals surface area contributed by atoms with E-state index in [2.05, 4.69) is 5.32 Å².